The van der Waals surface area contributed by atoms with Gasteiger partial charge in [-0.2, -0.15) is 0 Å². The Morgan fingerprint density at radius 2 is 1.18 bits per heavy atom. The molecular formula is C37H54N2O11. The molecule has 3 rings (SSSR count). The topological polar surface area (TPSA) is 173 Å². The predicted molar refractivity (Wildman–Crippen MR) is 182 cm³/mol. The first kappa shape index (κ1) is 40.3. The highest BCUT2D eigenvalue weighted by Crippen LogP contribution is 2.35. The number of aromatic amines is 1. The lowest BCUT2D eigenvalue weighted by Gasteiger charge is -2.45. The summed E-state index contributed by atoms with van der Waals surface area (Å²) in [7, 11) is 0. The average molecular weight is 703 g/mol. The van der Waals surface area contributed by atoms with Crippen molar-refractivity contribution in [2.75, 3.05) is 6.61 Å². The first-order chi connectivity index (χ1) is 22.9. The Hall–Kier alpha value is -4.13. The Balaban J connectivity index is 2.11. The Labute approximate surface area is 294 Å². The van der Waals surface area contributed by atoms with E-state index in [1.807, 2.05) is 0 Å². The Morgan fingerprint density at radius 3 is 1.68 bits per heavy atom. The van der Waals surface area contributed by atoms with Crippen LogP contribution in [0.15, 0.2) is 30.5 Å². The number of nitrogens with one attached hydrogen (secondary N) is 1. The van der Waals surface area contributed by atoms with Crippen molar-refractivity contribution in [3.05, 3.63) is 41.6 Å². The third-order valence-electron chi connectivity index (χ3n) is 7.68. The molecule has 0 spiro atoms. The van der Waals surface area contributed by atoms with Crippen molar-refractivity contribution >= 4 is 23.9 Å². The van der Waals surface area contributed by atoms with Crippen LogP contribution in [0.1, 0.15) is 94.2 Å². The van der Waals surface area contributed by atoms with Crippen molar-refractivity contribution in [3.63, 3.8) is 0 Å². The SMILES string of the molecule is CC(C)(C)C(=O)OC[C@H]1O[C@@H](Oc2n[nH]cc2CCc2ccc(O)cc2)[C@H](OC(=O)C(C)(C)C)[C@@H](OC(=O)C(C)(C)C)[C@@H]1OC(=O)C(C)(C)C. The maximum Gasteiger partial charge on any atom is 0.311 e. The molecule has 1 aliphatic heterocycles. The number of aromatic nitrogens is 2. The molecule has 1 aromatic heterocycles. The van der Waals surface area contributed by atoms with Gasteiger partial charge in [-0.15, -0.1) is 5.10 Å². The van der Waals surface area contributed by atoms with E-state index >= 15 is 0 Å². The molecule has 0 saturated carbocycles. The van der Waals surface area contributed by atoms with Gasteiger partial charge in [-0.3, -0.25) is 24.3 Å². The zero-order valence-electron chi connectivity index (χ0n) is 31.4. The second kappa shape index (κ2) is 15.4. The quantitative estimate of drug-likeness (QED) is 0.237. The molecule has 0 amide bonds. The fourth-order valence-corrected chi connectivity index (χ4v) is 4.42. The van der Waals surface area contributed by atoms with Gasteiger partial charge in [0.25, 0.3) is 0 Å². The summed E-state index contributed by atoms with van der Waals surface area (Å²) >= 11 is 0. The minimum Gasteiger partial charge on any atom is -0.508 e. The standard InChI is InChI=1S/C37H54N2O11/c1-34(2,3)30(41)45-20-24-25(47-31(42)35(4,5)6)26(48-32(43)36(7,8)9)27(49-33(44)37(10,11)12)29(46-24)50-28-22(19-38-39-28)16-13-21-14-17-23(40)18-15-21/h14-15,17-19,24-27,29,40H,13,16,20H2,1-12H3,(H,38,39)/t24-,25-,26+,27-,29+/m1/s1. The van der Waals surface area contributed by atoms with Crippen LogP contribution in [0, 0.1) is 21.7 Å². The summed E-state index contributed by atoms with van der Waals surface area (Å²) in [6.45, 7) is 19.6. The largest absolute Gasteiger partial charge is 0.508 e. The Morgan fingerprint density at radius 1 is 0.700 bits per heavy atom. The minimum absolute atomic E-state index is 0.127. The van der Waals surface area contributed by atoms with E-state index < -0.39 is 82.8 Å². The highest BCUT2D eigenvalue weighted by atomic mass is 16.7. The molecule has 2 N–H and O–H groups in total. The van der Waals surface area contributed by atoms with E-state index in [1.54, 1.807) is 114 Å². The molecule has 1 fully saturated rings. The first-order valence-electron chi connectivity index (χ1n) is 16.8. The van der Waals surface area contributed by atoms with E-state index in [0.717, 1.165) is 5.56 Å². The molecule has 278 valence electrons. The van der Waals surface area contributed by atoms with Crippen LogP contribution in [0.2, 0.25) is 0 Å². The third-order valence-corrected chi connectivity index (χ3v) is 7.68. The average Bonchev–Trinajstić information content (AvgIpc) is 3.43. The maximum absolute atomic E-state index is 13.5. The van der Waals surface area contributed by atoms with Gasteiger partial charge < -0.3 is 33.5 Å². The van der Waals surface area contributed by atoms with E-state index in [2.05, 4.69) is 10.2 Å². The second-order valence-corrected chi connectivity index (χ2v) is 16.8. The maximum atomic E-state index is 13.5. The number of aromatic hydroxyl groups is 1. The first-order valence-corrected chi connectivity index (χ1v) is 16.8. The number of H-pyrrole nitrogens is 1. The van der Waals surface area contributed by atoms with Crippen LogP contribution in [0.5, 0.6) is 11.6 Å². The van der Waals surface area contributed by atoms with E-state index in [4.69, 9.17) is 28.4 Å². The number of esters is 4. The van der Waals surface area contributed by atoms with E-state index in [1.165, 1.54) is 0 Å². The Bertz CT molecular complexity index is 1490. The lowest BCUT2D eigenvalue weighted by Crippen LogP contribution is -2.65. The second-order valence-electron chi connectivity index (χ2n) is 16.8. The zero-order valence-corrected chi connectivity index (χ0v) is 31.4. The number of benzene rings is 1. The van der Waals surface area contributed by atoms with Gasteiger partial charge in [-0.05, 0) is 114 Å². The number of hydrogen-bond acceptors (Lipinski definition) is 12. The summed E-state index contributed by atoms with van der Waals surface area (Å²) in [6.07, 6.45) is -4.27. The molecule has 2 heterocycles. The molecule has 0 radical (unpaired) electrons. The van der Waals surface area contributed by atoms with Crippen molar-refractivity contribution in [2.24, 2.45) is 21.7 Å². The summed E-state index contributed by atoms with van der Waals surface area (Å²) in [4.78, 5) is 53.3. The molecule has 1 aliphatic rings. The lowest BCUT2D eigenvalue weighted by molar-refractivity contribution is -0.294. The predicted octanol–water partition coefficient (Wildman–Crippen LogP) is 5.47. The number of phenols is 1. The number of carbonyl (C=O) groups is 4. The van der Waals surface area contributed by atoms with Crippen molar-refractivity contribution in [1.82, 2.24) is 10.2 Å². The van der Waals surface area contributed by atoms with Crippen molar-refractivity contribution < 1.29 is 52.7 Å². The van der Waals surface area contributed by atoms with Crippen molar-refractivity contribution in [2.45, 2.75) is 127 Å². The van der Waals surface area contributed by atoms with Crippen LogP contribution in [0.4, 0.5) is 0 Å². The third kappa shape index (κ3) is 10.9. The molecule has 1 aromatic carbocycles. The van der Waals surface area contributed by atoms with Gasteiger partial charge >= 0.3 is 23.9 Å². The fraction of sp³-hybridized carbons (Fsp3) is 0.649. The van der Waals surface area contributed by atoms with Gasteiger partial charge in [0.15, 0.2) is 12.2 Å². The number of phenolic OH excluding ortho intramolecular Hbond substituents is 1. The van der Waals surface area contributed by atoms with Crippen LogP contribution in [-0.4, -0.2) is 76.5 Å². The van der Waals surface area contributed by atoms with Gasteiger partial charge in [-0.1, -0.05) is 12.1 Å². The number of aryl methyl sites for hydroxylation is 2. The van der Waals surface area contributed by atoms with Crippen LogP contribution < -0.4 is 4.74 Å². The molecule has 1 saturated heterocycles. The van der Waals surface area contributed by atoms with E-state index in [0.29, 0.717) is 18.4 Å². The van der Waals surface area contributed by atoms with Gasteiger partial charge in [0.1, 0.15) is 18.5 Å². The van der Waals surface area contributed by atoms with Crippen molar-refractivity contribution in [1.29, 1.82) is 0 Å². The summed E-state index contributed by atoms with van der Waals surface area (Å²) in [5, 5.41) is 16.7. The monoisotopic (exact) mass is 702 g/mol. The van der Waals surface area contributed by atoms with Crippen LogP contribution >= 0.6 is 0 Å². The van der Waals surface area contributed by atoms with Crippen LogP contribution in [-0.2, 0) is 55.7 Å². The lowest BCUT2D eigenvalue weighted by atomic mass is 9.93. The van der Waals surface area contributed by atoms with E-state index in [9.17, 15) is 24.3 Å². The van der Waals surface area contributed by atoms with Gasteiger partial charge in [0.2, 0.25) is 18.3 Å². The van der Waals surface area contributed by atoms with Gasteiger partial charge in [0.05, 0.1) is 21.7 Å². The summed E-state index contributed by atoms with van der Waals surface area (Å²) in [5.74, 6) is -2.25. The van der Waals surface area contributed by atoms with Crippen molar-refractivity contribution in [3.8, 4) is 11.6 Å². The van der Waals surface area contributed by atoms with Gasteiger partial charge in [-0.25, -0.2) is 0 Å². The van der Waals surface area contributed by atoms with E-state index in [-0.39, 0.29) is 11.6 Å². The normalized spacial score (nSPS) is 21.6. The summed E-state index contributed by atoms with van der Waals surface area (Å²) in [6, 6.07) is 6.80. The summed E-state index contributed by atoms with van der Waals surface area (Å²) < 4.78 is 36.4. The molecule has 2 aromatic rings. The van der Waals surface area contributed by atoms with Gasteiger partial charge in [0, 0.05) is 11.8 Å². The molecule has 13 nitrogen and oxygen atoms in total. The highest BCUT2D eigenvalue weighted by Gasteiger charge is 2.56. The fourth-order valence-electron chi connectivity index (χ4n) is 4.42. The summed E-state index contributed by atoms with van der Waals surface area (Å²) in [5.41, 5.74) is -2.25. The van der Waals surface area contributed by atoms with Crippen LogP contribution in [0.25, 0.3) is 0 Å². The number of nitrogens with zero attached hydrogens (tertiary/aromatic N) is 1. The molecule has 0 aliphatic carbocycles. The zero-order chi connectivity index (χ0) is 37.8. The molecule has 13 heteroatoms. The molecule has 5 atom stereocenters. The van der Waals surface area contributed by atoms with Crippen LogP contribution in [0.3, 0.4) is 0 Å². The number of carbonyl (C=O) groups excluding carboxylic acids is 4. The molecule has 0 bridgehead atoms. The smallest absolute Gasteiger partial charge is 0.311 e. The number of hydrogen-bond donors (Lipinski definition) is 2. The minimum atomic E-state index is -1.46. The Kier molecular flexibility index (Phi) is 12.4. The highest BCUT2D eigenvalue weighted by molar-refractivity contribution is 5.78. The molecular weight excluding hydrogens is 648 g/mol. The molecule has 0 unspecified atom stereocenters. The number of rotatable bonds is 10. The molecule has 50 heavy (non-hydrogen) atoms. The number of ether oxygens (including phenoxy) is 6.